The molecule has 0 saturated heterocycles. The van der Waals surface area contributed by atoms with Crippen LogP contribution in [0.1, 0.15) is 24.2 Å². The molecule has 0 saturated carbocycles. The van der Waals surface area contributed by atoms with Crippen molar-refractivity contribution in [2.45, 2.75) is 24.3 Å². The SMILES string of the molecule is COC(=O)c1ccc(S(=O)(=O)NC(C)(C)CN)c(Br)c1.Cl. The molecule has 0 unspecified atom stereocenters. The van der Waals surface area contributed by atoms with E-state index < -0.39 is 21.5 Å². The second-order valence-electron chi connectivity index (χ2n) is 4.83. The predicted octanol–water partition coefficient (Wildman–Crippen LogP) is 1.67. The number of hydrogen-bond donors (Lipinski definition) is 2. The van der Waals surface area contributed by atoms with Crippen LogP contribution in [0.25, 0.3) is 0 Å². The molecule has 6 nitrogen and oxygen atoms in total. The highest BCUT2D eigenvalue weighted by atomic mass is 79.9. The Balaban J connectivity index is 0.00000400. The molecule has 0 fully saturated rings. The van der Waals surface area contributed by atoms with E-state index in [0.717, 1.165) is 0 Å². The van der Waals surface area contributed by atoms with Crippen LogP contribution in [0.2, 0.25) is 0 Å². The van der Waals surface area contributed by atoms with E-state index in [4.69, 9.17) is 5.73 Å². The van der Waals surface area contributed by atoms with E-state index in [1.165, 1.54) is 25.3 Å². The quantitative estimate of drug-likeness (QED) is 0.731. The fraction of sp³-hybridized carbons (Fsp3) is 0.417. The Hall–Kier alpha value is -0.670. The van der Waals surface area contributed by atoms with Crippen molar-refractivity contribution in [3.63, 3.8) is 0 Å². The molecule has 0 heterocycles. The fourth-order valence-corrected chi connectivity index (χ4v) is 3.93. The van der Waals surface area contributed by atoms with Crippen LogP contribution in [-0.2, 0) is 14.8 Å². The van der Waals surface area contributed by atoms with E-state index in [0.29, 0.717) is 0 Å². The van der Waals surface area contributed by atoms with Gasteiger partial charge in [0.2, 0.25) is 10.0 Å². The first kappa shape index (κ1) is 20.3. The predicted molar refractivity (Wildman–Crippen MR) is 86.2 cm³/mol. The molecule has 0 amide bonds. The number of esters is 1. The molecule has 120 valence electrons. The van der Waals surface area contributed by atoms with E-state index in [9.17, 15) is 13.2 Å². The van der Waals surface area contributed by atoms with Gasteiger partial charge in [-0.1, -0.05) is 0 Å². The normalized spacial score (nSPS) is 11.7. The second-order valence-corrected chi connectivity index (χ2v) is 7.34. The summed E-state index contributed by atoms with van der Waals surface area (Å²) in [5, 5.41) is 0. The number of halogens is 2. The van der Waals surface area contributed by atoms with Crippen molar-refractivity contribution < 1.29 is 17.9 Å². The summed E-state index contributed by atoms with van der Waals surface area (Å²) in [5.74, 6) is -0.537. The lowest BCUT2D eigenvalue weighted by Crippen LogP contribution is -2.48. The molecule has 1 rings (SSSR count). The lowest BCUT2D eigenvalue weighted by atomic mass is 10.1. The number of carbonyl (C=O) groups excluding carboxylic acids is 1. The monoisotopic (exact) mass is 400 g/mol. The van der Waals surface area contributed by atoms with Crippen molar-refractivity contribution in [2.75, 3.05) is 13.7 Å². The summed E-state index contributed by atoms with van der Waals surface area (Å²) < 4.78 is 31.9. The average molecular weight is 402 g/mol. The zero-order valence-corrected chi connectivity index (χ0v) is 15.1. The Morgan fingerprint density at radius 2 is 2.00 bits per heavy atom. The third-order valence-electron chi connectivity index (χ3n) is 2.56. The Labute approximate surface area is 139 Å². The Kier molecular flexibility index (Phi) is 7.31. The molecular weight excluding hydrogens is 384 g/mol. The molecule has 0 atom stereocenters. The number of hydrogen-bond acceptors (Lipinski definition) is 5. The van der Waals surface area contributed by atoms with Gasteiger partial charge in [0.1, 0.15) is 0 Å². The van der Waals surface area contributed by atoms with Crippen LogP contribution in [0.4, 0.5) is 0 Å². The van der Waals surface area contributed by atoms with Crippen molar-refractivity contribution in [3.8, 4) is 0 Å². The molecule has 0 aromatic heterocycles. The summed E-state index contributed by atoms with van der Waals surface area (Å²) in [6, 6.07) is 4.13. The maximum Gasteiger partial charge on any atom is 0.337 e. The highest BCUT2D eigenvalue weighted by Gasteiger charge is 2.26. The molecule has 0 aliphatic rings. The number of sulfonamides is 1. The second kappa shape index (κ2) is 7.55. The first-order valence-corrected chi connectivity index (χ1v) is 8.02. The standard InChI is InChI=1S/C12H17BrN2O4S.ClH/c1-12(2,7-14)15-20(17,18)10-5-4-8(6-9(10)13)11(16)19-3;/h4-6,15H,7,14H2,1-3H3;1H. The van der Waals surface area contributed by atoms with Crippen LogP contribution in [0.5, 0.6) is 0 Å². The fourth-order valence-electron chi connectivity index (χ4n) is 1.42. The molecular formula is C12H18BrClN2O4S. The van der Waals surface area contributed by atoms with E-state index in [2.05, 4.69) is 25.4 Å². The van der Waals surface area contributed by atoms with Gasteiger partial charge >= 0.3 is 5.97 Å². The molecule has 21 heavy (non-hydrogen) atoms. The Bertz CT molecular complexity index is 620. The Morgan fingerprint density at radius 3 is 2.43 bits per heavy atom. The minimum Gasteiger partial charge on any atom is -0.465 e. The molecule has 0 radical (unpaired) electrons. The zero-order valence-electron chi connectivity index (χ0n) is 11.8. The number of ether oxygens (including phenoxy) is 1. The van der Waals surface area contributed by atoms with Gasteiger partial charge in [-0.2, -0.15) is 0 Å². The number of benzene rings is 1. The van der Waals surface area contributed by atoms with Crippen LogP contribution in [0.3, 0.4) is 0 Å². The summed E-state index contributed by atoms with van der Waals surface area (Å²) in [6.07, 6.45) is 0. The van der Waals surface area contributed by atoms with E-state index >= 15 is 0 Å². The Morgan fingerprint density at radius 1 is 1.43 bits per heavy atom. The molecule has 9 heteroatoms. The molecule has 3 N–H and O–H groups in total. The van der Waals surface area contributed by atoms with Gasteiger partial charge in [-0.15, -0.1) is 12.4 Å². The molecule has 1 aromatic rings. The zero-order chi connectivity index (χ0) is 15.6. The number of nitrogens with one attached hydrogen (secondary N) is 1. The van der Waals surface area contributed by atoms with Gasteiger partial charge in [-0.25, -0.2) is 17.9 Å². The van der Waals surface area contributed by atoms with Crippen LogP contribution < -0.4 is 10.5 Å². The van der Waals surface area contributed by atoms with Gasteiger partial charge in [-0.05, 0) is 48.0 Å². The number of rotatable bonds is 5. The lowest BCUT2D eigenvalue weighted by molar-refractivity contribution is 0.0600. The van der Waals surface area contributed by atoms with Crippen molar-refractivity contribution in [3.05, 3.63) is 28.2 Å². The largest absolute Gasteiger partial charge is 0.465 e. The van der Waals surface area contributed by atoms with Gasteiger partial charge in [0.25, 0.3) is 0 Å². The van der Waals surface area contributed by atoms with Crippen molar-refractivity contribution in [2.24, 2.45) is 5.73 Å². The van der Waals surface area contributed by atoms with Crippen molar-refractivity contribution >= 4 is 44.3 Å². The minimum absolute atomic E-state index is 0. The summed E-state index contributed by atoms with van der Waals surface area (Å²) in [5.41, 5.74) is 5.01. The molecule has 0 aliphatic heterocycles. The van der Waals surface area contributed by atoms with Crippen LogP contribution in [0.15, 0.2) is 27.6 Å². The van der Waals surface area contributed by atoms with Gasteiger partial charge in [0.05, 0.1) is 17.6 Å². The minimum atomic E-state index is -3.74. The van der Waals surface area contributed by atoms with Gasteiger partial charge in [0, 0.05) is 16.6 Å². The molecule has 0 spiro atoms. The van der Waals surface area contributed by atoms with Crippen molar-refractivity contribution in [1.82, 2.24) is 4.72 Å². The van der Waals surface area contributed by atoms with Crippen molar-refractivity contribution in [1.29, 1.82) is 0 Å². The lowest BCUT2D eigenvalue weighted by Gasteiger charge is -2.24. The first-order valence-electron chi connectivity index (χ1n) is 5.75. The molecule has 0 bridgehead atoms. The van der Waals surface area contributed by atoms with Gasteiger partial charge in [-0.3, -0.25) is 0 Å². The first-order chi connectivity index (χ1) is 9.13. The summed E-state index contributed by atoms with van der Waals surface area (Å²) in [6.45, 7) is 3.52. The third-order valence-corrected chi connectivity index (χ3v) is 5.24. The maximum absolute atomic E-state index is 12.3. The number of methoxy groups -OCH3 is 1. The number of nitrogens with two attached hydrogens (primary N) is 1. The maximum atomic E-state index is 12.3. The smallest absolute Gasteiger partial charge is 0.337 e. The van der Waals surface area contributed by atoms with Crippen LogP contribution >= 0.6 is 28.3 Å². The highest BCUT2D eigenvalue weighted by molar-refractivity contribution is 9.10. The molecule has 1 aromatic carbocycles. The summed E-state index contributed by atoms with van der Waals surface area (Å²) in [4.78, 5) is 11.4. The van der Waals surface area contributed by atoms with E-state index in [1.807, 2.05) is 0 Å². The van der Waals surface area contributed by atoms with Gasteiger partial charge < -0.3 is 10.5 Å². The summed E-state index contributed by atoms with van der Waals surface area (Å²) in [7, 11) is -2.48. The van der Waals surface area contributed by atoms with Crippen LogP contribution in [0, 0.1) is 0 Å². The molecule has 0 aliphatic carbocycles. The van der Waals surface area contributed by atoms with E-state index in [1.54, 1.807) is 13.8 Å². The number of carbonyl (C=O) groups is 1. The topological polar surface area (TPSA) is 98.5 Å². The van der Waals surface area contributed by atoms with Crippen LogP contribution in [-0.4, -0.2) is 33.6 Å². The van der Waals surface area contributed by atoms with Gasteiger partial charge in [0.15, 0.2) is 0 Å². The van der Waals surface area contributed by atoms with E-state index in [-0.39, 0.29) is 33.9 Å². The average Bonchev–Trinajstić information content (AvgIpc) is 2.36. The summed E-state index contributed by atoms with van der Waals surface area (Å²) >= 11 is 3.15. The third kappa shape index (κ3) is 5.23. The highest BCUT2D eigenvalue weighted by Crippen LogP contribution is 2.24.